The number of hydrazone groups is 1. The highest BCUT2D eigenvalue weighted by molar-refractivity contribution is 6.30. The molecular formula is C17H11ClF3N3O4. The molecule has 0 radical (unpaired) electrons. The summed E-state index contributed by atoms with van der Waals surface area (Å²) in [7, 11) is 0. The Kier molecular flexibility index (Phi) is 4.86. The molecule has 2 aromatic rings. The minimum atomic E-state index is -4.90. The Bertz CT molecular complexity index is 978. The van der Waals surface area contributed by atoms with Crippen molar-refractivity contribution in [1.82, 2.24) is 5.01 Å². The Labute approximate surface area is 160 Å². The van der Waals surface area contributed by atoms with Gasteiger partial charge in [-0.25, -0.2) is 0 Å². The zero-order valence-electron chi connectivity index (χ0n) is 13.9. The van der Waals surface area contributed by atoms with Crippen LogP contribution in [0, 0.1) is 10.1 Å². The molecule has 1 unspecified atom stereocenters. The largest absolute Gasteiger partial charge is 0.431 e. The maximum atomic E-state index is 13.2. The Morgan fingerprint density at radius 3 is 2.46 bits per heavy atom. The summed E-state index contributed by atoms with van der Waals surface area (Å²) in [6, 6.07) is 9.62. The van der Waals surface area contributed by atoms with E-state index in [2.05, 4.69) is 5.10 Å². The average molecular weight is 414 g/mol. The van der Waals surface area contributed by atoms with E-state index in [1.54, 1.807) is 0 Å². The van der Waals surface area contributed by atoms with Crippen LogP contribution in [-0.4, -0.2) is 32.8 Å². The van der Waals surface area contributed by atoms with Crippen LogP contribution in [0.25, 0.3) is 0 Å². The number of aliphatic hydroxyl groups is 1. The molecule has 1 aliphatic heterocycles. The molecule has 1 amide bonds. The second-order valence-electron chi connectivity index (χ2n) is 5.97. The molecule has 2 aromatic carbocycles. The number of halogens is 4. The van der Waals surface area contributed by atoms with E-state index in [1.807, 2.05) is 0 Å². The van der Waals surface area contributed by atoms with Gasteiger partial charge in [0, 0.05) is 28.3 Å². The Morgan fingerprint density at radius 1 is 1.25 bits per heavy atom. The highest BCUT2D eigenvalue weighted by Crippen LogP contribution is 2.41. The van der Waals surface area contributed by atoms with Gasteiger partial charge < -0.3 is 5.11 Å². The van der Waals surface area contributed by atoms with Gasteiger partial charge in [0.05, 0.1) is 11.3 Å². The van der Waals surface area contributed by atoms with Gasteiger partial charge in [-0.1, -0.05) is 23.7 Å². The van der Waals surface area contributed by atoms with Gasteiger partial charge >= 0.3 is 6.18 Å². The van der Waals surface area contributed by atoms with Gasteiger partial charge in [0.25, 0.3) is 11.6 Å². The van der Waals surface area contributed by atoms with Crippen molar-refractivity contribution in [2.75, 3.05) is 0 Å². The molecule has 1 atom stereocenters. The Morgan fingerprint density at radius 2 is 1.89 bits per heavy atom. The fourth-order valence-corrected chi connectivity index (χ4v) is 2.85. The number of alkyl halides is 3. The Hall–Kier alpha value is -2.98. The number of hydrogen-bond donors (Lipinski definition) is 1. The molecule has 1 N–H and O–H groups in total. The van der Waals surface area contributed by atoms with Crippen molar-refractivity contribution in [2.45, 2.75) is 18.3 Å². The second kappa shape index (κ2) is 6.88. The van der Waals surface area contributed by atoms with Gasteiger partial charge in [-0.05, 0) is 24.3 Å². The SMILES string of the molecule is O=C(c1ccc(Cl)cc1)N1N=C(C(F)(F)F)CC1(O)c1cccc([N+](=O)[O-])c1. The molecule has 0 fully saturated rings. The van der Waals surface area contributed by atoms with E-state index in [9.17, 15) is 33.2 Å². The number of hydrogen-bond acceptors (Lipinski definition) is 5. The molecule has 7 nitrogen and oxygen atoms in total. The number of benzene rings is 2. The molecule has 1 aliphatic rings. The fourth-order valence-electron chi connectivity index (χ4n) is 2.73. The molecule has 0 aromatic heterocycles. The number of amides is 1. The lowest BCUT2D eigenvalue weighted by Crippen LogP contribution is -2.43. The third-order valence-corrected chi connectivity index (χ3v) is 4.37. The van der Waals surface area contributed by atoms with Crippen LogP contribution in [0.5, 0.6) is 0 Å². The molecule has 0 aliphatic carbocycles. The lowest BCUT2D eigenvalue weighted by molar-refractivity contribution is -0.385. The second-order valence-corrected chi connectivity index (χ2v) is 6.41. The van der Waals surface area contributed by atoms with E-state index in [0.717, 1.165) is 12.1 Å². The molecule has 11 heteroatoms. The first-order valence-corrected chi connectivity index (χ1v) is 8.12. The van der Waals surface area contributed by atoms with E-state index in [4.69, 9.17) is 11.6 Å². The maximum absolute atomic E-state index is 13.2. The van der Waals surface area contributed by atoms with Crippen molar-refractivity contribution in [3.05, 3.63) is 74.8 Å². The van der Waals surface area contributed by atoms with Gasteiger partial charge in [0.1, 0.15) is 5.71 Å². The van der Waals surface area contributed by atoms with Crippen LogP contribution < -0.4 is 0 Å². The molecular weight excluding hydrogens is 403 g/mol. The topological polar surface area (TPSA) is 96.0 Å². The predicted molar refractivity (Wildman–Crippen MR) is 92.7 cm³/mol. The number of nitrogens with zero attached hydrogens (tertiary/aromatic N) is 3. The summed E-state index contributed by atoms with van der Waals surface area (Å²) in [6.45, 7) is 0. The quantitative estimate of drug-likeness (QED) is 0.610. The number of nitro benzene ring substituents is 1. The number of carbonyl (C=O) groups is 1. The third kappa shape index (κ3) is 3.56. The zero-order chi connectivity index (χ0) is 20.7. The van der Waals surface area contributed by atoms with E-state index < -0.39 is 40.6 Å². The van der Waals surface area contributed by atoms with Crippen LogP contribution in [0.15, 0.2) is 53.6 Å². The Balaban J connectivity index is 2.10. The van der Waals surface area contributed by atoms with Gasteiger partial charge in [-0.3, -0.25) is 14.9 Å². The van der Waals surface area contributed by atoms with Crippen LogP contribution in [0.2, 0.25) is 5.02 Å². The zero-order valence-corrected chi connectivity index (χ0v) is 14.6. The van der Waals surface area contributed by atoms with Gasteiger partial charge in [-0.15, -0.1) is 0 Å². The number of nitro groups is 1. The van der Waals surface area contributed by atoms with Gasteiger partial charge in [-0.2, -0.15) is 23.3 Å². The fraction of sp³-hybridized carbons (Fsp3) is 0.176. The van der Waals surface area contributed by atoms with Crippen molar-refractivity contribution in [3.63, 3.8) is 0 Å². The molecule has 0 spiro atoms. The smallest absolute Gasteiger partial charge is 0.365 e. The summed E-state index contributed by atoms with van der Waals surface area (Å²) in [6.07, 6.45) is -5.97. The lowest BCUT2D eigenvalue weighted by Gasteiger charge is -2.31. The van der Waals surface area contributed by atoms with Crippen LogP contribution in [0.1, 0.15) is 22.3 Å². The van der Waals surface area contributed by atoms with Crippen molar-refractivity contribution in [1.29, 1.82) is 0 Å². The van der Waals surface area contributed by atoms with Crippen LogP contribution in [0.3, 0.4) is 0 Å². The van der Waals surface area contributed by atoms with E-state index >= 15 is 0 Å². The van der Waals surface area contributed by atoms with E-state index in [0.29, 0.717) is 5.02 Å². The first-order valence-electron chi connectivity index (χ1n) is 7.74. The average Bonchev–Trinajstić information content (AvgIpc) is 3.01. The first kappa shape index (κ1) is 19.8. The molecule has 0 bridgehead atoms. The summed E-state index contributed by atoms with van der Waals surface area (Å²) < 4.78 is 39.6. The summed E-state index contributed by atoms with van der Waals surface area (Å²) in [5, 5.41) is 25.8. The standard InChI is InChI=1S/C17H11ClF3N3O4/c18-12-6-4-10(5-7-12)15(25)23-16(26,9-14(22-23)17(19,20)21)11-2-1-3-13(8-11)24(27)28/h1-8,26H,9H2. The molecule has 0 saturated heterocycles. The number of non-ortho nitro benzene ring substituents is 1. The van der Waals surface area contributed by atoms with Crippen molar-refractivity contribution < 1.29 is 28.0 Å². The minimum Gasteiger partial charge on any atom is -0.365 e. The summed E-state index contributed by atoms with van der Waals surface area (Å²) in [5.41, 5.74) is -4.73. The maximum Gasteiger partial charge on any atom is 0.431 e. The predicted octanol–water partition coefficient (Wildman–Crippen LogP) is 3.86. The first-order chi connectivity index (χ1) is 13.0. The summed E-state index contributed by atoms with van der Waals surface area (Å²) in [5.74, 6) is -1.02. The number of rotatable bonds is 3. The van der Waals surface area contributed by atoms with Crippen molar-refractivity contribution >= 4 is 28.9 Å². The molecule has 0 saturated carbocycles. The molecule has 146 valence electrons. The van der Waals surface area contributed by atoms with Crippen LogP contribution in [0.4, 0.5) is 18.9 Å². The molecule has 28 heavy (non-hydrogen) atoms. The van der Waals surface area contributed by atoms with Gasteiger partial charge in [0.2, 0.25) is 0 Å². The number of carbonyl (C=O) groups excluding carboxylic acids is 1. The van der Waals surface area contributed by atoms with Crippen LogP contribution >= 0.6 is 11.6 Å². The third-order valence-electron chi connectivity index (χ3n) is 4.12. The summed E-state index contributed by atoms with van der Waals surface area (Å²) >= 11 is 5.74. The lowest BCUT2D eigenvalue weighted by atomic mass is 9.96. The highest BCUT2D eigenvalue weighted by atomic mass is 35.5. The normalized spacial score (nSPS) is 19.5. The van der Waals surface area contributed by atoms with Crippen molar-refractivity contribution in [3.8, 4) is 0 Å². The van der Waals surface area contributed by atoms with E-state index in [-0.39, 0.29) is 16.1 Å². The minimum absolute atomic E-state index is 0.0690. The monoisotopic (exact) mass is 413 g/mol. The van der Waals surface area contributed by atoms with Crippen LogP contribution in [-0.2, 0) is 5.72 Å². The molecule has 3 rings (SSSR count). The van der Waals surface area contributed by atoms with E-state index in [1.165, 1.54) is 36.4 Å². The van der Waals surface area contributed by atoms with Crippen molar-refractivity contribution in [2.24, 2.45) is 5.10 Å². The van der Waals surface area contributed by atoms with Gasteiger partial charge in [0.15, 0.2) is 5.72 Å². The molecule has 1 heterocycles. The summed E-state index contributed by atoms with van der Waals surface area (Å²) in [4.78, 5) is 23.0. The highest BCUT2D eigenvalue weighted by Gasteiger charge is 2.53.